The third-order valence-electron chi connectivity index (χ3n) is 9.32. The van der Waals surface area contributed by atoms with E-state index in [0.29, 0.717) is 38.8 Å². The van der Waals surface area contributed by atoms with Gasteiger partial charge in [0, 0.05) is 91.6 Å². The Kier molecular flexibility index (Phi) is 10.3. The third-order valence-corrected chi connectivity index (χ3v) is 10.6. The van der Waals surface area contributed by atoms with E-state index in [9.17, 15) is 35.9 Å². The van der Waals surface area contributed by atoms with Crippen molar-refractivity contribution >= 4 is 34.6 Å². The van der Waals surface area contributed by atoms with Crippen LogP contribution >= 0.6 is 11.8 Å². The van der Waals surface area contributed by atoms with Crippen molar-refractivity contribution in [3.8, 4) is 11.1 Å². The number of alkyl halides is 5. The van der Waals surface area contributed by atoms with Gasteiger partial charge in [0.25, 0.3) is 6.43 Å². The second kappa shape index (κ2) is 14.1. The van der Waals surface area contributed by atoms with Crippen LogP contribution in [0.3, 0.4) is 0 Å². The second-order valence-electron chi connectivity index (χ2n) is 14.2. The van der Waals surface area contributed by atoms with Crippen LogP contribution in [0.25, 0.3) is 22.0 Å². The van der Waals surface area contributed by atoms with E-state index in [-0.39, 0.29) is 53.5 Å². The van der Waals surface area contributed by atoms with Crippen LogP contribution in [0.5, 0.6) is 0 Å². The Morgan fingerprint density at radius 3 is 2.31 bits per heavy atom. The molecule has 2 saturated heterocycles. The topological polar surface area (TPSA) is 74.1 Å². The molecule has 2 fully saturated rings. The monoisotopic (exact) mass is 744 g/mol. The zero-order valence-electron chi connectivity index (χ0n) is 28.6. The van der Waals surface area contributed by atoms with Crippen molar-refractivity contribution in [2.45, 2.75) is 62.9 Å². The van der Waals surface area contributed by atoms with Crippen molar-refractivity contribution in [1.82, 2.24) is 24.3 Å². The molecule has 2 aromatic carbocycles. The van der Waals surface area contributed by atoms with Crippen molar-refractivity contribution < 1.29 is 40.3 Å². The molecule has 0 saturated carbocycles. The Morgan fingerprint density at radius 1 is 1.02 bits per heavy atom. The number of hydrogen-bond donors (Lipinski definition) is 0. The lowest BCUT2D eigenvalue weighted by molar-refractivity contribution is -0.137. The van der Waals surface area contributed by atoms with E-state index in [1.54, 1.807) is 37.5 Å². The average molecular weight is 745 g/mol. The highest BCUT2D eigenvalue weighted by atomic mass is 32.2. The summed E-state index contributed by atoms with van der Waals surface area (Å²) < 4.78 is 107. The van der Waals surface area contributed by atoms with Gasteiger partial charge in [-0.25, -0.2) is 27.2 Å². The van der Waals surface area contributed by atoms with E-state index in [4.69, 9.17) is 4.74 Å². The molecule has 278 valence electrons. The SMILES string of the molecule is C[C@H]1CN(C(=O)OC(C)(C)C)CCN1c1nc(=O)n2c3c(c(-c4ccc(F)cc4F)c(C(F)(F)F)cc13)SC[C@@H]2CN1CCN(CC(F)F)CC1. The van der Waals surface area contributed by atoms with Crippen molar-refractivity contribution in [3.63, 3.8) is 0 Å². The predicted molar refractivity (Wildman–Crippen MR) is 180 cm³/mol. The van der Waals surface area contributed by atoms with Gasteiger partial charge in [-0.05, 0) is 45.9 Å². The smallest absolute Gasteiger partial charge is 0.417 e. The number of nitrogens with zero attached hydrogens (tertiary/aromatic N) is 6. The van der Waals surface area contributed by atoms with Gasteiger partial charge < -0.3 is 14.5 Å². The summed E-state index contributed by atoms with van der Waals surface area (Å²) in [6, 6.07) is 2.20. The van der Waals surface area contributed by atoms with Gasteiger partial charge >= 0.3 is 18.0 Å². The summed E-state index contributed by atoms with van der Waals surface area (Å²) in [6.07, 6.45) is -7.99. The highest BCUT2D eigenvalue weighted by molar-refractivity contribution is 7.99. The molecular weight excluding hydrogens is 705 g/mol. The summed E-state index contributed by atoms with van der Waals surface area (Å²) in [5, 5.41) is 0.0275. The molecular formula is C34H39F7N6O3S. The van der Waals surface area contributed by atoms with E-state index in [1.165, 1.54) is 9.47 Å². The number of rotatable bonds is 6. The van der Waals surface area contributed by atoms with E-state index < -0.39 is 70.4 Å². The summed E-state index contributed by atoms with van der Waals surface area (Å²) in [5.41, 5.74) is -3.43. The first-order chi connectivity index (χ1) is 23.9. The van der Waals surface area contributed by atoms with Gasteiger partial charge in [-0.3, -0.25) is 14.4 Å². The summed E-state index contributed by atoms with van der Waals surface area (Å²) in [4.78, 5) is 38.2. The minimum Gasteiger partial charge on any atom is -0.444 e. The van der Waals surface area contributed by atoms with Crippen molar-refractivity contribution in [3.05, 3.63) is 51.9 Å². The number of hydrogen-bond acceptors (Lipinski definition) is 8. The van der Waals surface area contributed by atoms with Crippen LogP contribution in [0, 0.1) is 11.6 Å². The van der Waals surface area contributed by atoms with Crippen LogP contribution in [0.15, 0.2) is 34.0 Å². The molecule has 3 aliphatic heterocycles. The Bertz CT molecular complexity index is 1860. The summed E-state index contributed by atoms with van der Waals surface area (Å²) in [6.45, 7) is 9.03. The molecule has 0 radical (unpaired) electrons. The molecule has 3 aliphatic rings. The fourth-order valence-corrected chi connectivity index (χ4v) is 8.36. The van der Waals surface area contributed by atoms with Crippen molar-refractivity contribution in [2.24, 2.45) is 0 Å². The van der Waals surface area contributed by atoms with Crippen LogP contribution in [-0.4, -0.2) is 113 Å². The lowest BCUT2D eigenvalue weighted by Crippen LogP contribution is -2.55. The van der Waals surface area contributed by atoms with Crippen LogP contribution in [0.2, 0.25) is 0 Å². The first-order valence-corrected chi connectivity index (χ1v) is 17.7. The Hall–Kier alpha value is -3.57. The first-order valence-electron chi connectivity index (χ1n) is 16.7. The summed E-state index contributed by atoms with van der Waals surface area (Å²) in [7, 11) is 0. The quantitative estimate of drug-likeness (QED) is 0.271. The zero-order valence-corrected chi connectivity index (χ0v) is 29.4. The van der Waals surface area contributed by atoms with Gasteiger partial charge in [-0.2, -0.15) is 18.2 Å². The number of carbonyl (C=O) groups excluding carboxylic acids is 1. The molecule has 51 heavy (non-hydrogen) atoms. The number of ether oxygens (including phenoxy) is 1. The number of amides is 1. The molecule has 0 spiro atoms. The number of benzene rings is 2. The highest BCUT2D eigenvalue weighted by Gasteiger charge is 2.41. The van der Waals surface area contributed by atoms with Crippen molar-refractivity contribution in [2.75, 3.05) is 69.6 Å². The molecule has 3 aromatic rings. The van der Waals surface area contributed by atoms with E-state index >= 15 is 4.39 Å². The highest BCUT2D eigenvalue weighted by Crippen LogP contribution is 2.50. The predicted octanol–water partition coefficient (Wildman–Crippen LogP) is 6.34. The molecule has 2 atom stereocenters. The van der Waals surface area contributed by atoms with E-state index in [2.05, 4.69) is 4.98 Å². The van der Waals surface area contributed by atoms with Gasteiger partial charge in [0.2, 0.25) is 0 Å². The standard InChI is InChI=1S/C34H39F7N6O3S/c1-19-15-45(32(49)50-33(2,3)4)11-12-46(19)30-23-14-24(34(39,40)41)27(22-6-5-20(35)13-25(22)36)29-28(23)47(31(48)42-30)21(18-51-29)16-43-7-9-44(10-8-43)17-26(37)38/h5-6,13-14,19,21,26H,7-12,15-18H2,1-4H3/t19-,21-/m0/s1. The molecule has 6 rings (SSSR count). The first kappa shape index (κ1) is 37.2. The zero-order chi connectivity index (χ0) is 37.0. The number of halogens is 7. The Morgan fingerprint density at radius 2 is 1.71 bits per heavy atom. The molecule has 9 nitrogen and oxygen atoms in total. The van der Waals surface area contributed by atoms with Gasteiger partial charge in [0.15, 0.2) is 0 Å². The summed E-state index contributed by atoms with van der Waals surface area (Å²) >= 11 is 1.05. The maximum absolute atomic E-state index is 15.3. The maximum atomic E-state index is 15.3. The van der Waals surface area contributed by atoms with Gasteiger partial charge in [-0.1, -0.05) is 0 Å². The number of piperazine rings is 2. The Labute approximate surface area is 294 Å². The molecule has 4 heterocycles. The van der Waals surface area contributed by atoms with Crippen LogP contribution in [0.1, 0.15) is 39.3 Å². The van der Waals surface area contributed by atoms with Gasteiger partial charge in [-0.15, -0.1) is 11.8 Å². The van der Waals surface area contributed by atoms with Crippen LogP contribution in [0.4, 0.5) is 41.3 Å². The molecule has 0 N–H and O–H groups in total. The van der Waals surface area contributed by atoms with Crippen molar-refractivity contribution in [1.29, 1.82) is 0 Å². The molecule has 0 aliphatic carbocycles. The number of carbonyl (C=O) groups is 1. The van der Waals surface area contributed by atoms with Crippen LogP contribution in [-0.2, 0) is 10.9 Å². The van der Waals surface area contributed by atoms with E-state index in [1.807, 2.05) is 4.90 Å². The number of aromatic nitrogens is 2. The van der Waals surface area contributed by atoms with Gasteiger partial charge in [0.05, 0.1) is 23.7 Å². The average Bonchev–Trinajstić information content (AvgIpc) is 3.02. The lowest BCUT2D eigenvalue weighted by Gasteiger charge is -2.42. The third kappa shape index (κ3) is 7.80. The second-order valence-corrected chi connectivity index (χ2v) is 15.2. The minimum atomic E-state index is -4.98. The van der Waals surface area contributed by atoms with Gasteiger partial charge in [0.1, 0.15) is 23.1 Å². The number of anilines is 1. The largest absolute Gasteiger partial charge is 0.444 e. The summed E-state index contributed by atoms with van der Waals surface area (Å²) in [5.74, 6) is -2.00. The number of thioether (sulfide) groups is 1. The Balaban J connectivity index is 1.48. The molecule has 17 heteroatoms. The normalized spacial score (nSPS) is 20.8. The van der Waals surface area contributed by atoms with E-state index in [0.717, 1.165) is 30.0 Å². The minimum absolute atomic E-state index is 0.00216. The fourth-order valence-electron chi connectivity index (χ4n) is 7.04. The van der Waals surface area contributed by atoms with Crippen LogP contribution < -0.4 is 10.6 Å². The molecule has 0 bridgehead atoms. The fraction of sp³-hybridized carbons (Fsp3) is 0.559. The maximum Gasteiger partial charge on any atom is 0.417 e. The molecule has 1 amide bonds. The molecule has 1 aromatic heterocycles. The lowest BCUT2D eigenvalue weighted by atomic mass is 9.95. The molecule has 0 unspecified atom stereocenters.